The molecule has 0 radical (unpaired) electrons. The minimum atomic E-state index is 0.440. The van der Waals surface area contributed by atoms with E-state index in [4.69, 9.17) is 0 Å². The Labute approximate surface area is 109 Å². The quantitative estimate of drug-likeness (QED) is 0.820. The molecule has 0 fully saturated rings. The van der Waals surface area contributed by atoms with Gasteiger partial charge in [0.2, 0.25) is 0 Å². The highest BCUT2D eigenvalue weighted by molar-refractivity contribution is 5.71. The molecule has 2 aromatic carbocycles. The van der Waals surface area contributed by atoms with Crippen molar-refractivity contribution in [1.82, 2.24) is 0 Å². The number of rotatable bonds is 4. The standard InChI is InChI=1S/C17H20O/c1-3-4-6-15-7-5-8-16(17(15)18)14-11-9-13(2)10-12-14/h5,7-12,18H,3-4,6H2,1-2H3. The number of aryl methyl sites for hydroxylation is 2. The normalized spacial score (nSPS) is 10.6. The van der Waals surface area contributed by atoms with E-state index in [1.54, 1.807) is 0 Å². The predicted molar refractivity (Wildman–Crippen MR) is 76.9 cm³/mol. The fraction of sp³-hybridized carbons (Fsp3) is 0.294. The Balaban J connectivity index is 2.36. The van der Waals surface area contributed by atoms with E-state index in [9.17, 15) is 5.11 Å². The monoisotopic (exact) mass is 240 g/mol. The Hall–Kier alpha value is -1.76. The van der Waals surface area contributed by atoms with Gasteiger partial charge in [-0.3, -0.25) is 0 Å². The number of hydrogen-bond donors (Lipinski definition) is 1. The zero-order chi connectivity index (χ0) is 13.0. The maximum absolute atomic E-state index is 10.3. The fourth-order valence-corrected chi connectivity index (χ4v) is 2.13. The van der Waals surface area contributed by atoms with Crippen LogP contribution in [-0.4, -0.2) is 5.11 Å². The maximum Gasteiger partial charge on any atom is 0.126 e. The summed E-state index contributed by atoms with van der Waals surface area (Å²) >= 11 is 0. The average Bonchev–Trinajstić information content (AvgIpc) is 2.39. The van der Waals surface area contributed by atoms with Crippen LogP contribution in [0.5, 0.6) is 5.75 Å². The number of hydrogen-bond acceptors (Lipinski definition) is 1. The molecule has 0 aromatic heterocycles. The van der Waals surface area contributed by atoms with Crippen LogP contribution < -0.4 is 0 Å². The highest BCUT2D eigenvalue weighted by Crippen LogP contribution is 2.32. The van der Waals surface area contributed by atoms with E-state index in [-0.39, 0.29) is 0 Å². The van der Waals surface area contributed by atoms with Gasteiger partial charge in [-0.15, -0.1) is 0 Å². The summed E-state index contributed by atoms with van der Waals surface area (Å²) in [6, 6.07) is 14.3. The van der Waals surface area contributed by atoms with Crippen molar-refractivity contribution in [3.8, 4) is 16.9 Å². The van der Waals surface area contributed by atoms with Crippen molar-refractivity contribution in [2.45, 2.75) is 33.1 Å². The molecule has 0 bridgehead atoms. The first-order chi connectivity index (χ1) is 8.72. The van der Waals surface area contributed by atoms with Gasteiger partial charge in [-0.05, 0) is 30.9 Å². The minimum absolute atomic E-state index is 0.440. The molecule has 2 aromatic rings. The van der Waals surface area contributed by atoms with Gasteiger partial charge >= 0.3 is 0 Å². The van der Waals surface area contributed by atoms with Gasteiger partial charge in [-0.1, -0.05) is 61.4 Å². The molecule has 1 heteroatoms. The molecule has 0 aliphatic heterocycles. The van der Waals surface area contributed by atoms with Gasteiger partial charge in [-0.2, -0.15) is 0 Å². The summed E-state index contributed by atoms with van der Waals surface area (Å²) in [6.45, 7) is 4.24. The minimum Gasteiger partial charge on any atom is -0.507 e. The molecule has 2 rings (SSSR count). The summed E-state index contributed by atoms with van der Waals surface area (Å²) in [6.07, 6.45) is 3.21. The van der Waals surface area contributed by atoms with E-state index in [1.807, 2.05) is 18.2 Å². The van der Waals surface area contributed by atoms with Crippen LogP contribution in [0.15, 0.2) is 42.5 Å². The Kier molecular flexibility index (Phi) is 4.03. The summed E-state index contributed by atoms with van der Waals surface area (Å²) in [5, 5.41) is 10.3. The maximum atomic E-state index is 10.3. The van der Waals surface area contributed by atoms with Crippen molar-refractivity contribution in [1.29, 1.82) is 0 Å². The van der Waals surface area contributed by atoms with Gasteiger partial charge in [0.05, 0.1) is 0 Å². The summed E-state index contributed by atoms with van der Waals surface area (Å²) in [4.78, 5) is 0. The Morgan fingerprint density at radius 3 is 2.39 bits per heavy atom. The molecule has 0 aliphatic carbocycles. The molecule has 0 saturated carbocycles. The topological polar surface area (TPSA) is 20.2 Å². The zero-order valence-corrected chi connectivity index (χ0v) is 11.1. The third kappa shape index (κ3) is 2.73. The molecule has 0 saturated heterocycles. The van der Waals surface area contributed by atoms with E-state index in [2.05, 4.69) is 38.1 Å². The first-order valence-electron chi connectivity index (χ1n) is 6.60. The van der Waals surface area contributed by atoms with Crippen LogP contribution in [0.1, 0.15) is 30.9 Å². The van der Waals surface area contributed by atoms with Crippen LogP contribution in [-0.2, 0) is 6.42 Å². The number of phenols is 1. The highest BCUT2D eigenvalue weighted by atomic mass is 16.3. The third-order valence-corrected chi connectivity index (χ3v) is 3.28. The molecular weight excluding hydrogens is 220 g/mol. The van der Waals surface area contributed by atoms with Crippen molar-refractivity contribution in [3.63, 3.8) is 0 Å². The highest BCUT2D eigenvalue weighted by Gasteiger charge is 2.08. The first-order valence-corrected chi connectivity index (χ1v) is 6.60. The van der Waals surface area contributed by atoms with Crippen LogP contribution in [0, 0.1) is 6.92 Å². The molecular formula is C17H20O. The van der Waals surface area contributed by atoms with Crippen molar-refractivity contribution < 1.29 is 5.11 Å². The van der Waals surface area contributed by atoms with Gasteiger partial charge in [0.15, 0.2) is 0 Å². The van der Waals surface area contributed by atoms with E-state index >= 15 is 0 Å². The van der Waals surface area contributed by atoms with Crippen LogP contribution in [0.3, 0.4) is 0 Å². The fourth-order valence-electron chi connectivity index (χ4n) is 2.13. The molecule has 0 amide bonds. The molecule has 94 valence electrons. The second kappa shape index (κ2) is 5.72. The molecule has 0 atom stereocenters. The van der Waals surface area contributed by atoms with E-state index in [0.29, 0.717) is 5.75 Å². The van der Waals surface area contributed by atoms with Gasteiger partial charge in [-0.25, -0.2) is 0 Å². The number of benzene rings is 2. The SMILES string of the molecule is CCCCc1cccc(-c2ccc(C)cc2)c1O. The third-order valence-electron chi connectivity index (χ3n) is 3.28. The van der Waals surface area contributed by atoms with Gasteiger partial charge in [0, 0.05) is 5.56 Å². The Morgan fingerprint density at radius 1 is 1.00 bits per heavy atom. The Morgan fingerprint density at radius 2 is 1.72 bits per heavy atom. The Bertz CT molecular complexity index is 512. The summed E-state index contributed by atoms with van der Waals surface area (Å²) in [5.74, 6) is 0.440. The number of unbranched alkanes of at least 4 members (excludes halogenated alkanes) is 1. The first kappa shape index (κ1) is 12.7. The largest absolute Gasteiger partial charge is 0.507 e. The second-order valence-electron chi connectivity index (χ2n) is 4.78. The van der Waals surface area contributed by atoms with Gasteiger partial charge in [0.25, 0.3) is 0 Å². The van der Waals surface area contributed by atoms with E-state index < -0.39 is 0 Å². The average molecular weight is 240 g/mol. The van der Waals surface area contributed by atoms with Crippen molar-refractivity contribution in [2.75, 3.05) is 0 Å². The number of para-hydroxylation sites is 1. The van der Waals surface area contributed by atoms with E-state index in [1.165, 1.54) is 5.56 Å². The smallest absolute Gasteiger partial charge is 0.126 e. The summed E-state index contributed by atoms with van der Waals surface area (Å²) < 4.78 is 0. The predicted octanol–water partition coefficient (Wildman–Crippen LogP) is 4.71. The van der Waals surface area contributed by atoms with Crippen molar-refractivity contribution in [3.05, 3.63) is 53.6 Å². The molecule has 1 N–H and O–H groups in total. The summed E-state index contributed by atoms with van der Waals surface area (Å²) in [5.41, 5.74) is 4.30. The molecule has 0 spiro atoms. The van der Waals surface area contributed by atoms with E-state index in [0.717, 1.165) is 36.0 Å². The lowest BCUT2D eigenvalue weighted by atomic mass is 9.98. The van der Waals surface area contributed by atoms with Gasteiger partial charge < -0.3 is 5.11 Å². The molecule has 18 heavy (non-hydrogen) atoms. The lowest BCUT2D eigenvalue weighted by Crippen LogP contribution is -1.88. The molecule has 0 aliphatic rings. The van der Waals surface area contributed by atoms with Crippen molar-refractivity contribution in [2.24, 2.45) is 0 Å². The number of phenolic OH excluding ortho intramolecular Hbond substituents is 1. The second-order valence-corrected chi connectivity index (χ2v) is 4.78. The number of aromatic hydroxyl groups is 1. The molecule has 1 nitrogen and oxygen atoms in total. The lowest BCUT2D eigenvalue weighted by Gasteiger charge is -2.10. The van der Waals surface area contributed by atoms with Crippen LogP contribution in [0.4, 0.5) is 0 Å². The molecule has 0 heterocycles. The lowest BCUT2D eigenvalue weighted by molar-refractivity contribution is 0.469. The van der Waals surface area contributed by atoms with Crippen LogP contribution >= 0.6 is 0 Å². The molecule has 0 unspecified atom stereocenters. The zero-order valence-electron chi connectivity index (χ0n) is 11.1. The summed E-state index contributed by atoms with van der Waals surface area (Å²) in [7, 11) is 0. The van der Waals surface area contributed by atoms with Crippen molar-refractivity contribution >= 4 is 0 Å². The van der Waals surface area contributed by atoms with Crippen LogP contribution in [0.2, 0.25) is 0 Å². The van der Waals surface area contributed by atoms with Gasteiger partial charge in [0.1, 0.15) is 5.75 Å². The van der Waals surface area contributed by atoms with Crippen LogP contribution in [0.25, 0.3) is 11.1 Å².